The Morgan fingerprint density at radius 2 is 1.76 bits per heavy atom. The van der Waals surface area contributed by atoms with Gasteiger partial charge in [-0.3, -0.25) is 4.79 Å². The van der Waals surface area contributed by atoms with E-state index < -0.39 is 0 Å². The molecule has 0 fully saturated rings. The van der Waals surface area contributed by atoms with Gasteiger partial charge in [0.2, 0.25) is 4.96 Å². The fourth-order valence-electron chi connectivity index (χ4n) is 2.39. The molecular weight excluding hydrogens is 354 g/mol. The summed E-state index contributed by atoms with van der Waals surface area (Å²) >= 11 is 7.45. The fourth-order valence-corrected chi connectivity index (χ4v) is 3.48. The summed E-state index contributed by atoms with van der Waals surface area (Å²) in [5.74, 6) is 0.511. The van der Waals surface area contributed by atoms with Gasteiger partial charge in [0.25, 0.3) is 5.56 Å². The molecule has 2 aromatic carbocycles. The van der Waals surface area contributed by atoms with Gasteiger partial charge in [0.1, 0.15) is 0 Å². The van der Waals surface area contributed by atoms with Crippen molar-refractivity contribution in [1.82, 2.24) is 14.6 Å². The van der Waals surface area contributed by atoms with Crippen LogP contribution in [0.5, 0.6) is 0 Å². The highest BCUT2D eigenvalue weighted by Crippen LogP contribution is 2.15. The lowest BCUT2D eigenvalue weighted by Crippen LogP contribution is -2.23. The number of rotatable bonds is 3. The molecule has 0 spiro atoms. The lowest BCUT2D eigenvalue weighted by atomic mass is 10.2. The first-order valence-corrected chi connectivity index (χ1v) is 8.79. The number of thiazole rings is 1. The van der Waals surface area contributed by atoms with Gasteiger partial charge in [0.15, 0.2) is 5.82 Å². The minimum absolute atomic E-state index is 0.188. The SMILES string of the molecule is O=c1/c(=C/c2ccccc2Cl)sc2nc(/C=C/c3ccccc3)nn12. The van der Waals surface area contributed by atoms with Crippen LogP contribution in [0, 0.1) is 0 Å². The van der Waals surface area contributed by atoms with Crippen LogP contribution in [0.2, 0.25) is 5.02 Å². The zero-order valence-electron chi connectivity index (χ0n) is 13.0. The van der Waals surface area contributed by atoms with E-state index in [0.717, 1.165) is 11.1 Å². The number of hydrogen-bond donors (Lipinski definition) is 0. The lowest BCUT2D eigenvalue weighted by Gasteiger charge is -1.94. The second kappa shape index (κ2) is 6.63. The summed E-state index contributed by atoms with van der Waals surface area (Å²) in [6.07, 6.45) is 5.48. The van der Waals surface area contributed by atoms with Gasteiger partial charge in [-0.25, -0.2) is 0 Å². The van der Waals surface area contributed by atoms with E-state index in [1.807, 2.05) is 54.6 Å². The van der Waals surface area contributed by atoms with Crippen LogP contribution in [0.1, 0.15) is 17.0 Å². The molecule has 0 N–H and O–H groups in total. The lowest BCUT2D eigenvalue weighted by molar-refractivity contribution is 0.925. The smallest absolute Gasteiger partial charge is 0.266 e. The molecule has 122 valence electrons. The summed E-state index contributed by atoms with van der Waals surface area (Å²) in [4.78, 5) is 17.5. The zero-order chi connectivity index (χ0) is 17.2. The number of benzene rings is 2. The first kappa shape index (κ1) is 15.7. The van der Waals surface area contributed by atoms with Crippen molar-refractivity contribution in [2.45, 2.75) is 0 Å². The molecule has 2 heterocycles. The van der Waals surface area contributed by atoms with E-state index in [2.05, 4.69) is 10.1 Å². The summed E-state index contributed by atoms with van der Waals surface area (Å²) in [5, 5.41) is 4.88. The summed E-state index contributed by atoms with van der Waals surface area (Å²) in [6, 6.07) is 17.3. The summed E-state index contributed by atoms with van der Waals surface area (Å²) in [5.41, 5.74) is 1.66. The average Bonchev–Trinajstić information content (AvgIpc) is 3.15. The number of fused-ring (bicyclic) bond motifs is 1. The summed E-state index contributed by atoms with van der Waals surface area (Å²) < 4.78 is 1.89. The van der Waals surface area contributed by atoms with Crippen LogP contribution in [-0.2, 0) is 0 Å². The monoisotopic (exact) mass is 365 g/mol. The van der Waals surface area contributed by atoms with E-state index in [1.54, 1.807) is 18.2 Å². The molecule has 4 rings (SSSR count). The molecule has 2 aromatic heterocycles. The van der Waals surface area contributed by atoms with Crippen LogP contribution >= 0.6 is 22.9 Å². The van der Waals surface area contributed by atoms with Gasteiger partial charge >= 0.3 is 0 Å². The third-order valence-electron chi connectivity index (χ3n) is 3.61. The normalized spacial score (nSPS) is 12.4. The highest BCUT2D eigenvalue weighted by molar-refractivity contribution is 7.15. The first-order valence-electron chi connectivity index (χ1n) is 7.60. The molecule has 4 aromatic rings. The molecule has 0 amide bonds. The van der Waals surface area contributed by atoms with Crippen LogP contribution in [0.15, 0.2) is 59.4 Å². The molecule has 0 unspecified atom stereocenters. The highest BCUT2D eigenvalue weighted by Gasteiger charge is 2.09. The van der Waals surface area contributed by atoms with Crippen LogP contribution in [0.3, 0.4) is 0 Å². The van der Waals surface area contributed by atoms with E-state index in [0.29, 0.717) is 20.3 Å². The molecule has 0 atom stereocenters. The molecule has 0 aliphatic rings. The van der Waals surface area contributed by atoms with Crippen molar-refractivity contribution >= 4 is 46.1 Å². The molecule has 0 saturated carbocycles. The Hall–Kier alpha value is -2.76. The number of aromatic nitrogens is 3. The quantitative estimate of drug-likeness (QED) is 0.558. The van der Waals surface area contributed by atoms with Crippen molar-refractivity contribution in [2.24, 2.45) is 0 Å². The Morgan fingerprint density at radius 1 is 1.00 bits per heavy atom. The predicted octanol–water partition coefficient (Wildman–Crippen LogP) is 3.52. The van der Waals surface area contributed by atoms with E-state index in [1.165, 1.54) is 15.9 Å². The van der Waals surface area contributed by atoms with Crippen molar-refractivity contribution < 1.29 is 0 Å². The van der Waals surface area contributed by atoms with Crippen molar-refractivity contribution in [2.75, 3.05) is 0 Å². The summed E-state index contributed by atoms with van der Waals surface area (Å²) in [6.45, 7) is 0. The van der Waals surface area contributed by atoms with Gasteiger partial charge in [0, 0.05) is 5.02 Å². The van der Waals surface area contributed by atoms with Gasteiger partial charge in [0.05, 0.1) is 4.53 Å². The molecule has 0 aliphatic carbocycles. The van der Waals surface area contributed by atoms with Crippen LogP contribution < -0.4 is 10.1 Å². The highest BCUT2D eigenvalue weighted by atomic mass is 35.5. The van der Waals surface area contributed by atoms with E-state index in [4.69, 9.17) is 11.6 Å². The number of nitrogens with zero attached hydrogens (tertiary/aromatic N) is 3. The van der Waals surface area contributed by atoms with Crippen molar-refractivity contribution in [3.05, 3.63) is 91.5 Å². The fraction of sp³-hybridized carbons (Fsp3) is 0. The molecule has 0 saturated heterocycles. The molecule has 25 heavy (non-hydrogen) atoms. The average molecular weight is 366 g/mol. The van der Waals surface area contributed by atoms with Crippen LogP contribution in [0.25, 0.3) is 23.2 Å². The van der Waals surface area contributed by atoms with Gasteiger partial charge in [-0.1, -0.05) is 77.5 Å². The predicted molar refractivity (Wildman–Crippen MR) is 103 cm³/mol. The Morgan fingerprint density at radius 3 is 2.52 bits per heavy atom. The van der Waals surface area contributed by atoms with E-state index in [9.17, 15) is 4.79 Å². The molecule has 0 aliphatic heterocycles. The molecule has 0 radical (unpaired) electrons. The van der Waals surface area contributed by atoms with Gasteiger partial charge < -0.3 is 0 Å². The Balaban J connectivity index is 1.71. The van der Waals surface area contributed by atoms with Crippen molar-refractivity contribution in [3.63, 3.8) is 0 Å². The standard InChI is InChI=1S/C19H12ClN3OS/c20-15-9-5-4-8-14(15)12-16-18(24)23-19(25-16)21-17(22-23)11-10-13-6-2-1-3-7-13/h1-12H/b11-10+,16-12-. The summed E-state index contributed by atoms with van der Waals surface area (Å²) in [7, 11) is 0. The Bertz CT molecular complexity index is 1180. The minimum atomic E-state index is -0.188. The molecular formula is C19H12ClN3OS. The van der Waals surface area contributed by atoms with E-state index >= 15 is 0 Å². The zero-order valence-corrected chi connectivity index (χ0v) is 14.5. The Labute approximate surface area is 152 Å². The van der Waals surface area contributed by atoms with E-state index in [-0.39, 0.29) is 5.56 Å². The second-order valence-corrected chi connectivity index (χ2v) is 6.76. The van der Waals surface area contributed by atoms with Gasteiger partial charge in [-0.05, 0) is 29.3 Å². The topological polar surface area (TPSA) is 47.3 Å². The number of hydrogen-bond acceptors (Lipinski definition) is 4. The molecule has 0 bridgehead atoms. The maximum absolute atomic E-state index is 12.5. The van der Waals surface area contributed by atoms with Crippen molar-refractivity contribution in [3.8, 4) is 0 Å². The maximum Gasteiger partial charge on any atom is 0.291 e. The molecule has 4 nitrogen and oxygen atoms in total. The van der Waals surface area contributed by atoms with Crippen LogP contribution in [-0.4, -0.2) is 14.6 Å². The van der Waals surface area contributed by atoms with Crippen LogP contribution in [0.4, 0.5) is 0 Å². The maximum atomic E-state index is 12.5. The minimum Gasteiger partial charge on any atom is -0.266 e. The van der Waals surface area contributed by atoms with Gasteiger partial charge in [-0.2, -0.15) is 9.50 Å². The van der Waals surface area contributed by atoms with Gasteiger partial charge in [-0.15, -0.1) is 5.10 Å². The third kappa shape index (κ3) is 3.24. The second-order valence-electron chi connectivity index (χ2n) is 5.35. The van der Waals surface area contributed by atoms with Crippen molar-refractivity contribution in [1.29, 1.82) is 0 Å². The molecule has 6 heteroatoms. The number of halogens is 1. The first-order chi connectivity index (χ1) is 12.2. The largest absolute Gasteiger partial charge is 0.291 e. The Kier molecular flexibility index (Phi) is 4.17. The third-order valence-corrected chi connectivity index (χ3v) is 4.92.